The number of benzene rings is 1. The summed E-state index contributed by atoms with van der Waals surface area (Å²) in [5.74, 6) is 0.591. The number of halogens is 3. The predicted octanol–water partition coefficient (Wildman–Crippen LogP) is 3.71. The van der Waals surface area contributed by atoms with Crippen LogP contribution in [-0.2, 0) is 6.42 Å². The first-order valence-electron chi connectivity index (χ1n) is 6.51. The Balaban J connectivity index is 0.00000361. The summed E-state index contributed by atoms with van der Waals surface area (Å²) in [6.07, 6.45) is 0.583. The second-order valence-electron chi connectivity index (χ2n) is 4.55. The Labute approximate surface area is 146 Å². The van der Waals surface area contributed by atoms with Gasteiger partial charge in [-0.05, 0) is 51.0 Å². The monoisotopic (exact) mass is 457 g/mol. The van der Waals surface area contributed by atoms with E-state index in [1.165, 1.54) is 6.07 Å². The van der Waals surface area contributed by atoms with Gasteiger partial charge in [0.05, 0.1) is 0 Å². The molecule has 114 valence electrons. The van der Waals surface area contributed by atoms with Crippen molar-refractivity contribution in [2.75, 3.05) is 13.1 Å². The molecule has 0 saturated heterocycles. The maximum Gasteiger partial charge on any atom is 0.191 e. The molecule has 1 aromatic carbocycles. The van der Waals surface area contributed by atoms with Gasteiger partial charge in [0.2, 0.25) is 0 Å². The third-order valence-corrected chi connectivity index (χ3v) is 2.92. The number of nitrogens with zero attached hydrogens (tertiary/aromatic N) is 1. The Hall–Kier alpha value is -0.370. The molecule has 0 atom stereocenters. The summed E-state index contributed by atoms with van der Waals surface area (Å²) in [4.78, 5) is 4.43. The van der Waals surface area contributed by atoms with Crippen molar-refractivity contribution in [3.8, 4) is 0 Å². The van der Waals surface area contributed by atoms with Crippen LogP contribution in [0.1, 0.15) is 26.3 Å². The van der Waals surface area contributed by atoms with Crippen molar-refractivity contribution in [1.29, 1.82) is 0 Å². The van der Waals surface area contributed by atoms with Crippen LogP contribution in [0.15, 0.2) is 27.7 Å². The van der Waals surface area contributed by atoms with E-state index in [4.69, 9.17) is 0 Å². The number of hydrogen-bond donors (Lipinski definition) is 2. The summed E-state index contributed by atoms with van der Waals surface area (Å²) in [6.45, 7) is 7.49. The first-order valence-corrected chi connectivity index (χ1v) is 7.31. The second-order valence-corrected chi connectivity index (χ2v) is 5.46. The molecule has 2 N–H and O–H groups in total. The molecule has 0 bridgehead atoms. The fraction of sp³-hybridized carbons (Fsp3) is 0.500. The molecule has 0 aliphatic rings. The normalized spacial score (nSPS) is 11.2. The molecule has 6 heteroatoms. The zero-order valence-corrected chi connectivity index (χ0v) is 16.0. The first kappa shape index (κ1) is 19.6. The van der Waals surface area contributed by atoms with Crippen molar-refractivity contribution in [3.05, 3.63) is 34.1 Å². The fourth-order valence-electron chi connectivity index (χ4n) is 1.62. The molecule has 0 aliphatic heterocycles. The fourth-order valence-corrected chi connectivity index (χ4v) is 2.03. The zero-order chi connectivity index (χ0) is 14.3. The SMILES string of the molecule is CCNC(=NCCc1cc(Br)ccc1F)NC(C)C.I. The predicted molar refractivity (Wildman–Crippen MR) is 97.5 cm³/mol. The van der Waals surface area contributed by atoms with E-state index in [0.717, 1.165) is 17.0 Å². The number of rotatable bonds is 5. The topological polar surface area (TPSA) is 36.4 Å². The molecule has 0 radical (unpaired) electrons. The van der Waals surface area contributed by atoms with Crippen LogP contribution in [0, 0.1) is 5.82 Å². The molecule has 0 unspecified atom stereocenters. The third-order valence-electron chi connectivity index (χ3n) is 2.43. The molecule has 20 heavy (non-hydrogen) atoms. The van der Waals surface area contributed by atoms with Crippen molar-refractivity contribution < 1.29 is 4.39 Å². The van der Waals surface area contributed by atoms with E-state index in [9.17, 15) is 4.39 Å². The van der Waals surface area contributed by atoms with Crippen LogP contribution in [0.2, 0.25) is 0 Å². The van der Waals surface area contributed by atoms with Crippen LogP contribution in [0.5, 0.6) is 0 Å². The van der Waals surface area contributed by atoms with Crippen molar-refractivity contribution >= 4 is 45.9 Å². The minimum atomic E-state index is -0.180. The van der Waals surface area contributed by atoms with E-state index in [0.29, 0.717) is 24.6 Å². The minimum absolute atomic E-state index is 0. The van der Waals surface area contributed by atoms with Crippen LogP contribution < -0.4 is 10.6 Å². The molecule has 3 nitrogen and oxygen atoms in total. The van der Waals surface area contributed by atoms with Crippen molar-refractivity contribution in [2.24, 2.45) is 4.99 Å². The molecule has 0 saturated carbocycles. The molecule has 0 heterocycles. The smallest absolute Gasteiger partial charge is 0.191 e. The van der Waals surface area contributed by atoms with Gasteiger partial charge in [-0.1, -0.05) is 15.9 Å². The quantitative estimate of drug-likeness (QED) is 0.401. The van der Waals surface area contributed by atoms with Crippen LogP contribution in [0.3, 0.4) is 0 Å². The molecular weight excluding hydrogens is 436 g/mol. The maximum absolute atomic E-state index is 13.6. The lowest BCUT2D eigenvalue weighted by Gasteiger charge is -2.13. The van der Waals surface area contributed by atoms with Gasteiger partial charge < -0.3 is 10.6 Å². The minimum Gasteiger partial charge on any atom is -0.357 e. The van der Waals surface area contributed by atoms with Crippen LogP contribution in [0.4, 0.5) is 4.39 Å². The third kappa shape index (κ3) is 7.42. The van der Waals surface area contributed by atoms with E-state index in [2.05, 4.69) is 45.4 Å². The lowest BCUT2D eigenvalue weighted by molar-refractivity contribution is 0.608. The van der Waals surface area contributed by atoms with E-state index in [-0.39, 0.29) is 29.8 Å². The van der Waals surface area contributed by atoms with Gasteiger partial charge in [-0.3, -0.25) is 4.99 Å². The van der Waals surface area contributed by atoms with Gasteiger partial charge >= 0.3 is 0 Å². The van der Waals surface area contributed by atoms with Crippen LogP contribution >= 0.6 is 39.9 Å². The highest BCUT2D eigenvalue weighted by atomic mass is 127. The van der Waals surface area contributed by atoms with Gasteiger partial charge in [-0.15, -0.1) is 24.0 Å². The molecule has 0 spiro atoms. The van der Waals surface area contributed by atoms with Crippen molar-refractivity contribution in [3.63, 3.8) is 0 Å². The average molecular weight is 458 g/mol. The van der Waals surface area contributed by atoms with Gasteiger partial charge in [0.15, 0.2) is 5.96 Å². The second kappa shape index (κ2) is 10.4. The van der Waals surface area contributed by atoms with Crippen molar-refractivity contribution in [2.45, 2.75) is 33.2 Å². The molecule has 0 aliphatic carbocycles. The summed E-state index contributed by atoms with van der Waals surface area (Å²) in [5.41, 5.74) is 0.679. The summed E-state index contributed by atoms with van der Waals surface area (Å²) in [6, 6.07) is 5.29. The van der Waals surface area contributed by atoms with Gasteiger partial charge in [-0.2, -0.15) is 0 Å². The summed E-state index contributed by atoms with van der Waals surface area (Å²) >= 11 is 3.35. The molecule has 1 aromatic rings. The molecule has 1 rings (SSSR count). The van der Waals surface area contributed by atoms with Gasteiger partial charge in [0.25, 0.3) is 0 Å². The number of nitrogens with one attached hydrogen (secondary N) is 2. The highest BCUT2D eigenvalue weighted by molar-refractivity contribution is 14.0. The van der Waals surface area contributed by atoms with Gasteiger partial charge in [0.1, 0.15) is 5.82 Å². The zero-order valence-electron chi connectivity index (χ0n) is 12.0. The lowest BCUT2D eigenvalue weighted by Crippen LogP contribution is -2.41. The van der Waals surface area contributed by atoms with Crippen molar-refractivity contribution in [1.82, 2.24) is 10.6 Å². The van der Waals surface area contributed by atoms with E-state index in [1.807, 2.05) is 6.92 Å². The summed E-state index contributed by atoms with van der Waals surface area (Å²) in [7, 11) is 0. The van der Waals surface area contributed by atoms with E-state index >= 15 is 0 Å². The first-order chi connectivity index (χ1) is 9.02. The molecule has 0 aromatic heterocycles. The maximum atomic E-state index is 13.6. The lowest BCUT2D eigenvalue weighted by atomic mass is 10.1. The Morgan fingerprint density at radius 3 is 2.70 bits per heavy atom. The largest absolute Gasteiger partial charge is 0.357 e. The summed E-state index contributed by atoms with van der Waals surface area (Å²) in [5, 5.41) is 6.39. The number of aliphatic imine (C=N–C) groups is 1. The van der Waals surface area contributed by atoms with E-state index in [1.54, 1.807) is 12.1 Å². The average Bonchev–Trinajstić information content (AvgIpc) is 2.33. The Bertz CT molecular complexity index is 438. The molecule has 0 fully saturated rings. The molecule has 0 amide bonds. The highest BCUT2D eigenvalue weighted by Crippen LogP contribution is 2.15. The standard InChI is InChI=1S/C14H21BrFN3.HI/c1-4-17-14(19-10(2)3)18-8-7-11-9-12(15)5-6-13(11)16;/h5-6,9-10H,4,7-8H2,1-3H3,(H2,17,18,19);1H. The van der Waals surface area contributed by atoms with Crippen LogP contribution in [-0.4, -0.2) is 25.1 Å². The van der Waals surface area contributed by atoms with Crippen LogP contribution in [0.25, 0.3) is 0 Å². The number of guanidine groups is 1. The van der Waals surface area contributed by atoms with E-state index < -0.39 is 0 Å². The number of hydrogen-bond acceptors (Lipinski definition) is 1. The Morgan fingerprint density at radius 1 is 1.40 bits per heavy atom. The van der Waals surface area contributed by atoms with Gasteiger partial charge in [-0.25, -0.2) is 4.39 Å². The Kier molecular flexibility index (Phi) is 10.2. The Morgan fingerprint density at radius 2 is 2.10 bits per heavy atom. The summed E-state index contributed by atoms with van der Waals surface area (Å²) < 4.78 is 14.4. The highest BCUT2D eigenvalue weighted by Gasteiger charge is 2.03. The van der Waals surface area contributed by atoms with Gasteiger partial charge in [0, 0.05) is 23.6 Å². The molecular formula is C14H22BrFIN3.